The van der Waals surface area contributed by atoms with Crippen molar-refractivity contribution in [3.63, 3.8) is 0 Å². The summed E-state index contributed by atoms with van der Waals surface area (Å²) in [6.45, 7) is 5.30. The molecule has 0 amide bonds. The van der Waals surface area contributed by atoms with E-state index in [2.05, 4.69) is 61.3 Å². The molecule has 4 rings (SSSR count). The van der Waals surface area contributed by atoms with E-state index in [0.717, 1.165) is 37.6 Å². The van der Waals surface area contributed by atoms with Crippen molar-refractivity contribution in [3.05, 3.63) is 29.8 Å². The molecule has 1 aromatic carbocycles. The molecule has 2 atom stereocenters. The largest absolute Gasteiger partial charge is 0.372 e. The lowest BCUT2D eigenvalue weighted by Gasteiger charge is -2.23. The van der Waals surface area contributed by atoms with Gasteiger partial charge < -0.3 is 19.3 Å². The molecule has 2 aromatic rings. The number of nitrogens with zero attached hydrogens (tertiary/aromatic N) is 3. The van der Waals surface area contributed by atoms with Crippen molar-refractivity contribution in [3.8, 4) is 0 Å². The van der Waals surface area contributed by atoms with E-state index in [1.54, 1.807) is 11.8 Å². The first-order chi connectivity index (χ1) is 12.5. The molecule has 0 spiro atoms. The van der Waals surface area contributed by atoms with Crippen molar-refractivity contribution in [1.29, 1.82) is 0 Å². The Morgan fingerprint density at radius 1 is 1.12 bits per heavy atom. The molecule has 26 heavy (non-hydrogen) atoms. The fourth-order valence-corrected chi connectivity index (χ4v) is 4.15. The predicted molar refractivity (Wildman–Crippen MR) is 107 cm³/mol. The lowest BCUT2D eigenvalue weighted by molar-refractivity contribution is -0.00461. The molecule has 2 aliphatic heterocycles. The van der Waals surface area contributed by atoms with Gasteiger partial charge in [-0.3, -0.25) is 0 Å². The number of hydrogen-bond acceptors (Lipinski definition) is 6. The first kappa shape index (κ1) is 18.0. The van der Waals surface area contributed by atoms with E-state index in [4.69, 9.17) is 14.5 Å². The minimum absolute atomic E-state index is 0.122. The molecule has 0 aliphatic carbocycles. The van der Waals surface area contributed by atoms with E-state index >= 15 is 0 Å². The van der Waals surface area contributed by atoms with Crippen molar-refractivity contribution < 1.29 is 9.47 Å². The van der Waals surface area contributed by atoms with Crippen molar-refractivity contribution in [2.24, 2.45) is 0 Å². The first-order valence-electron chi connectivity index (χ1n) is 9.15. The van der Waals surface area contributed by atoms with Crippen LogP contribution in [0.5, 0.6) is 0 Å². The number of aromatic nitrogens is 1. The molecule has 0 saturated carbocycles. The maximum atomic E-state index is 6.16. The van der Waals surface area contributed by atoms with Crippen LogP contribution in [0.2, 0.25) is 0 Å². The third-order valence-electron chi connectivity index (χ3n) is 5.48. The van der Waals surface area contributed by atoms with Crippen molar-refractivity contribution in [2.45, 2.75) is 30.1 Å². The molecular weight excluding hydrogens is 346 g/mol. The third-order valence-corrected chi connectivity index (χ3v) is 6.21. The van der Waals surface area contributed by atoms with Crippen molar-refractivity contribution in [2.75, 3.05) is 51.6 Å². The summed E-state index contributed by atoms with van der Waals surface area (Å²) < 4.78 is 12.3. The molecule has 6 heteroatoms. The van der Waals surface area contributed by atoms with Crippen molar-refractivity contribution >= 4 is 28.5 Å². The summed E-state index contributed by atoms with van der Waals surface area (Å²) in [5, 5.41) is 1.23. The summed E-state index contributed by atoms with van der Waals surface area (Å²) in [5.41, 5.74) is 2.32. The van der Waals surface area contributed by atoms with Crippen LogP contribution < -0.4 is 4.90 Å². The van der Waals surface area contributed by atoms with E-state index < -0.39 is 0 Å². The number of fused-ring (bicyclic) bond motifs is 2. The first-order valence-corrected chi connectivity index (χ1v) is 10.4. The number of ether oxygens (including phenoxy) is 2. The topological polar surface area (TPSA) is 37.8 Å². The van der Waals surface area contributed by atoms with Crippen LogP contribution in [-0.4, -0.2) is 74.8 Å². The molecule has 5 nitrogen and oxygen atoms in total. The zero-order valence-electron chi connectivity index (χ0n) is 15.9. The fraction of sp³-hybridized carbons (Fsp3) is 0.550. The highest BCUT2D eigenvalue weighted by Gasteiger charge is 2.38. The van der Waals surface area contributed by atoms with Crippen LogP contribution in [-0.2, 0) is 9.47 Å². The average molecular weight is 374 g/mol. The molecule has 140 valence electrons. The van der Waals surface area contributed by atoms with Crippen LogP contribution >= 0.6 is 11.8 Å². The van der Waals surface area contributed by atoms with Crippen LogP contribution in [0.4, 0.5) is 5.82 Å². The fourth-order valence-electron chi connectivity index (χ4n) is 3.71. The molecule has 0 unspecified atom stereocenters. The molecule has 0 radical (unpaired) electrons. The Kier molecular flexibility index (Phi) is 5.10. The predicted octanol–water partition coefficient (Wildman–Crippen LogP) is 2.80. The highest BCUT2D eigenvalue weighted by atomic mass is 32.2. The Morgan fingerprint density at radius 2 is 1.81 bits per heavy atom. The zero-order valence-corrected chi connectivity index (χ0v) is 16.8. The molecular formula is C20H27N3O2S. The summed E-state index contributed by atoms with van der Waals surface area (Å²) in [4.78, 5) is 10.7. The van der Waals surface area contributed by atoms with E-state index in [-0.39, 0.29) is 12.2 Å². The summed E-state index contributed by atoms with van der Waals surface area (Å²) in [5.74, 6) is 1.02. The molecule has 0 bridgehead atoms. The van der Waals surface area contributed by atoms with Crippen LogP contribution in [0, 0.1) is 6.92 Å². The third kappa shape index (κ3) is 3.43. The number of aryl methyl sites for hydroxylation is 1. The average Bonchev–Trinajstić information content (AvgIpc) is 2.94. The van der Waals surface area contributed by atoms with Gasteiger partial charge in [0.05, 0.1) is 24.8 Å². The van der Waals surface area contributed by atoms with Gasteiger partial charge >= 0.3 is 0 Å². The maximum Gasteiger partial charge on any atom is 0.129 e. The van der Waals surface area contributed by atoms with E-state index in [1.165, 1.54) is 15.8 Å². The van der Waals surface area contributed by atoms with Gasteiger partial charge in [-0.05, 0) is 57.1 Å². The number of rotatable bonds is 3. The zero-order chi connectivity index (χ0) is 18.3. The lowest BCUT2D eigenvalue weighted by Crippen LogP contribution is -2.36. The Morgan fingerprint density at radius 3 is 2.42 bits per heavy atom. The molecule has 1 aromatic heterocycles. The number of likely N-dealkylation sites (N-methyl/N-ethyl adjacent to an activating group) is 1. The molecule has 0 N–H and O–H groups in total. The van der Waals surface area contributed by atoms with Gasteiger partial charge in [0.1, 0.15) is 18.0 Å². The minimum Gasteiger partial charge on any atom is -0.372 e. The number of anilines is 1. The highest BCUT2D eigenvalue weighted by molar-refractivity contribution is 7.98. The second-order valence-electron chi connectivity index (χ2n) is 7.45. The number of pyridine rings is 1. The Balaban J connectivity index is 1.54. The normalized spacial score (nSPS) is 24.3. The van der Waals surface area contributed by atoms with E-state index in [1.807, 2.05) is 0 Å². The van der Waals surface area contributed by atoms with E-state index in [9.17, 15) is 0 Å². The number of benzene rings is 1. The summed E-state index contributed by atoms with van der Waals surface area (Å²) in [6.07, 6.45) is 2.35. The smallest absolute Gasteiger partial charge is 0.129 e. The van der Waals surface area contributed by atoms with Crippen LogP contribution in [0.25, 0.3) is 10.9 Å². The molecule has 2 aliphatic rings. The highest BCUT2D eigenvalue weighted by Crippen LogP contribution is 2.30. The van der Waals surface area contributed by atoms with Crippen LogP contribution in [0.1, 0.15) is 5.56 Å². The van der Waals surface area contributed by atoms with Crippen LogP contribution in [0.15, 0.2) is 29.2 Å². The van der Waals surface area contributed by atoms with Gasteiger partial charge in [-0.25, -0.2) is 4.98 Å². The monoisotopic (exact) mass is 373 g/mol. The van der Waals surface area contributed by atoms with Crippen molar-refractivity contribution in [1.82, 2.24) is 9.88 Å². The second kappa shape index (κ2) is 7.35. The van der Waals surface area contributed by atoms with Gasteiger partial charge in [0, 0.05) is 23.4 Å². The van der Waals surface area contributed by atoms with Crippen LogP contribution in [0.3, 0.4) is 0 Å². The summed E-state index contributed by atoms with van der Waals surface area (Å²) in [7, 11) is 4.16. The number of thioether (sulfide) groups is 1. The minimum atomic E-state index is 0.122. The van der Waals surface area contributed by atoms with Gasteiger partial charge in [0.2, 0.25) is 0 Å². The summed E-state index contributed by atoms with van der Waals surface area (Å²) in [6, 6.07) is 9.03. The molecule has 3 heterocycles. The van der Waals surface area contributed by atoms with E-state index in [0.29, 0.717) is 6.04 Å². The second-order valence-corrected chi connectivity index (χ2v) is 8.33. The van der Waals surface area contributed by atoms with Gasteiger partial charge in [-0.1, -0.05) is 0 Å². The Labute approximate surface area is 159 Å². The number of hydrogen-bond donors (Lipinski definition) is 0. The van der Waals surface area contributed by atoms with Gasteiger partial charge in [0.15, 0.2) is 0 Å². The molecule has 2 saturated heterocycles. The van der Waals surface area contributed by atoms with Gasteiger partial charge in [-0.2, -0.15) is 0 Å². The van der Waals surface area contributed by atoms with Gasteiger partial charge in [-0.15, -0.1) is 11.8 Å². The molecule has 2 fully saturated rings. The maximum absolute atomic E-state index is 6.16. The van der Waals surface area contributed by atoms with Gasteiger partial charge in [0.25, 0.3) is 0 Å². The Bertz CT molecular complexity index is 782. The SMILES string of the molecule is CSc1ccc2nc(N3C[C@@H]4OCC(N(C)C)CO[C@H]4C3)cc(C)c2c1. The summed E-state index contributed by atoms with van der Waals surface area (Å²) >= 11 is 1.76. The standard InChI is InChI=1S/C20H27N3O2S/c1-13-7-20(21-17-6-5-15(26-4)8-16(13)17)23-9-18-19(10-23)25-12-14(11-24-18)22(2)3/h5-8,14,18-19H,9-12H2,1-4H3/t18-,19-/m0/s1. The lowest BCUT2D eigenvalue weighted by atomic mass is 10.1. The Hall–Kier alpha value is -1.34. The quantitative estimate of drug-likeness (QED) is 0.771.